The van der Waals surface area contributed by atoms with Crippen LogP contribution in [-0.4, -0.2) is 138 Å². The van der Waals surface area contributed by atoms with Gasteiger partial charge in [0.2, 0.25) is 11.8 Å². The highest BCUT2D eigenvalue weighted by Gasteiger charge is 2.66. The van der Waals surface area contributed by atoms with Crippen molar-refractivity contribution in [2.24, 2.45) is 33.8 Å². The number of pyridine rings is 1. The second kappa shape index (κ2) is 31.0. The van der Waals surface area contributed by atoms with Crippen LogP contribution in [0.5, 0.6) is 0 Å². The van der Waals surface area contributed by atoms with Gasteiger partial charge in [-0.1, -0.05) is 94.0 Å². The number of benzene rings is 4. The third-order valence-corrected chi connectivity index (χ3v) is 21.0. The SMILES string of the molecule is Cc1c(-c2ccc(-c3ccc4cccc(C(=O)Nc5nc6ccccc6s5)c4c3)nc2C(=O)O)cnn1CC12CC3(C)CC(C)(C1)CC(OCCNC(CC(=O)O)C(=O)OCc1ccc(NC(=O)[C@H](CCCNC(N)=O)CC(=O)[C@@H](NC(=O)CCCCCN4C(=O)C=CC4=O)C(C)C)cc1)(C3)C2. The number of carboxylic acid groups (broad SMARTS) is 2. The minimum atomic E-state index is -1.21. The standard InChI is InChI=1S/C76H87N11O14S/c1-45(2)65(84-61(89)18-7-6-10-31-86-62(90)27-28-63(86)91)59(88)34-50(14-12-29-79-71(77)99)67(94)81-51-23-19-47(20-24-51)37-100-70(98)58(35-64(92)93)78-30-32-101-76-41-73(4)38-74(5,42-76)40-75(39-73,43-76)44-87-46(3)55(36-80-87)52-25-26-56(82-66(52)69(96)97)49-22-21-48-13-11-15-53(54(48)33-49)68(95)85-72-83-57-16-8-9-17-60(57)102-72/h8-9,11,13,15-17,19-28,33,36,45,50,58,65,78H,6-7,10,12,14,18,29-32,34-35,37-44H2,1-5H3,(H,81,94)(H,84,89)(H,92,93)(H,96,97)(H3,77,79,99)(H,83,85,95)/t50-,58?,65+,73?,74?,75?,76?/m1/s1. The fraction of sp³-hybridized carbons (Fsp3) is 0.434. The van der Waals surface area contributed by atoms with Crippen LogP contribution in [0.3, 0.4) is 0 Å². The van der Waals surface area contributed by atoms with Gasteiger partial charge in [-0.25, -0.2) is 19.6 Å². The lowest BCUT2D eigenvalue weighted by Gasteiger charge is -2.69. The number of esters is 1. The van der Waals surface area contributed by atoms with E-state index in [4.69, 9.17) is 25.3 Å². The number of urea groups is 1. The molecule has 26 heteroatoms. The van der Waals surface area contributed by atoms with Crippen LogP contribution < -0.4 is 32.3 Å². The minimum absolute atomic E-state index is 0.0558. The van der Waals surface area contributed by atoms with Crippen molar-refractivity contribution in [1.82, 2.24) is 40.6 Å². The van der Waals surface area contributed by atoms with Gasteiger partial charge in [-0.2, -0.15) is 5.10 Å². The van der Waals surface area contributed by atoms with Gasteiger partial charge in [0.25, 0.3) is 17.7 Å². The van der Waals surface area contributed by atoms with Crippen molar-refractivity contribution >= 4 is 102 Å². The molecule has 4 heterocycles. The van der Waals surface area contributed by atoms with E-state index in [-0.39, 0.29) is 109 Å². The lowest BCUT2D eigenvalue weighted by molar-refractivity contribution is -0.247. The maximum absolute atomic E-state index is 13.9. The molecule has 5 atom stereocenters. The number of hydrogen-bond donors (Lipinski definition) is 8. The van der Waals surface area contributed by atoms with Gasteiger partial charge in [-0.3, -0.25) is 53.3 Å². The Bertz CT molecular complexity index is 4360. The monoisotopic (exact) mass is 1410 g/mol. The zero-order valence-corrected chi connectivity index (χ0v) is 58.8. The summed E-state index contributed by atoms with van der Waals surface area (Å²) in [5.74, 6) is -6.58. The number of aromatic carboxylic acids is 1. The zero-order chi connectivity index (χ0) is 72.7. The summed E-state index contributed by atoms with van der Waals surface area (Å²) in [5.41, 5.74) is 9.34. The van der Waals surface area contributed by atoms with Gasteiger partial charge in [0.1, 0.15) is 12.6 Å². The number of thiazole rings is 1. The van der Waals surface area contributed by atoms with Crippen molar-refractivity contribution < 1.29 is 67.6 Å². The van der Waals surface area contributed by atoms with Crippen LogP contribution in [0.25, 0.3) is 43.4 Å². The minimum Gasteiger partial charge on any atom is -0.481 e. The summed E-state index contributed by atoms with van der Waals surface area (Å²) in [4.78, 5) is 139. The number of ketones is 1. The van der Waals surface area contributed by atoms with Crippen molar-refractivity contribution in [3.05, 3.63) is 138 Å². The lowest BCUT2D eigenvalue weighted by atomic mass is 9.39. The van der Waals surface area contributed by atoms with E-state index in [2.05, 4.69) is 45.4 Å². The lowest BCUT2D eigenvalue weighted by Crippen LogP contribution is -2.64. The first-order valence-electron chi connectivity index (χ1n) is 34.7. The number of para-hydroxylation sites is 1. The van der Waals surface area contributed by atoms with Crippen molar-refractivity contribution in [1.29, 1.82) is 0 Å². The molecule has 9 N–H and O–H groups in total. The van der Waals surface area contributed by atoms with Crippen LogP contribution in [0, 0.1) is 35.0 Å². The number of hydrogen-bond acceptors (Lipinski definition) is 17. The number of primary amides is 1. The Kier molecular flexibility index (Phi) is 22.3. The van der Waals surface area contributed by atoms with E-state index in [1.807, 2.05) is 66.2 Å². The van der Waals surface area contributed by atoms with Gasteiger partial charge in [-0.15, -0.1) is 0 Å². The van der Waals surface area contributed by atoms with Gasteiger partial charge in [0.05, 0.1) is 46.8 Å². The van der Waals surface area contributed by atoms with Crippen molar-refractivity contribution in [2.45, 2.75) is 155 Å². The number of Topliss-reactive ketones (excluding diaryl/α,β-unsaturated/α-hetero) is 1. The molecule has 7 amide bonds. The van der Waals surface area contributed by atoms with Crippen molar-refractivity contribution in [3.63, 3.8) is 0 Å². The second-order valence-electron chi connectivity index (χ2n) is 29.1. The molecule has 12 rings (SSSR count). The average Bonchev–Trinajstić information content (AvgIpc) is 0.782. The molecular formula is C76H87N11O14S. The number of carboxylic acids is 2. The molecule has 3 aromatic heterocycles. The first-order chi connectivity index (χ1) is 48.7. The van der Waals surface area contributed by atoms with E-state index in [0.29, 0.717) is 81.9 Å². The number of amides is 7. The number of unbranched alkanes of at least 4 members (excludes halogenated alkanes) is 2. The Hall–Kier alpha value is -10.1. The van der Waals surface area contributed by atoms with Gasteiger partial charge < -0.3 is 46.7 Å². The number of anilines is 2. The predicted octanol–water partition coefficient (Wildman–Crippen LogP) is 10.5. The Morgan fingerprint density at radius 3 is 2.22 bits per heavy atom. The van der Waals surface area contributed by atoms with E-state index in [1.165, 1.54) is 23.5 Å². The molecule has 7 aromatic rings. The maximum Gasteiger partial charge on any atom is 0.355 e. The third kappa shape index (κ3) is 17.5. The van der Waals surface area contributed by atoms with Crippen LogP contribution >= 0.6 is 11.3 Å². The maximum atomic E-state index is 13.9. The Balaban J connectivity index is 0.681. The van der Waals surface area contributed by atoms with Crippen LogP contribution in [0.2, 0.25) is 0 Å². The van der Waals surface area contributed by atoms with Crippen LogP contribution in [0.15, 0.2) is 115 Å². The number of aromatic nitrogens is 4. The smallest absolute Gasteiger partial charge is 0.355 e. The number of nitrogens with two attached hydrogens (primary N) is 1. The fourth-order valence-corrected chi connectivity index (χ4v) is 17.5. The number of imide groups is 1. The summed E-state index contributed by atoms with van der Waals surface area (Å²) < 4.78 is 15.6. The van der Waals surface area contributed by atoms with Crippen LogP contribution in [0.1, 0.15) is 150 Å². The Labute approximate surface area is 594 Å². The Morgan fingerprint density at radius 2 is 1.51 bits per heavy atom. The number of nitrogens with zero attached hydrogens (tertiary/aromatic N) is 5. The first-order valence-corrected chi connectivity index (χ1v) is 35.5. The summed E-state index contributed by atoms with van der Waals surface area (Å²) >= 11 is 1.39. The average molecular weight is 1410 g/mol. The molecule has 4 fully saturated rings. The number of ether oxygens (including phenoxy) is 2. The summed E-state index contributed by atoms with van der Waals surface area (Å²) in [6, 6.07) is 26.0. The summed E-state index contributed by atoms with van der Waals surface area (Å²) in [6.45, 7) is 11.3. The second-order valence-corrected chi connectivity index (χ2v) is 30.1. The molecule has 4 saturated carbocycles. The molecule has 0 radical (unpaired) electrons. The summed E-state index contributed by atoms with van der Waals surface area (Å²) in [5, 5.41) is 41.8. The van der Waals surface area contributed by atoms with Gasteiger partial charge in [0.15, 0.2) is 16.6 Å². The molecule has 0 spiro atoms. The van der Waals surface area contributed by atoms with Crippen LogP contribution in [0.4, 0.5) is 15.6 Å². The molecule has 1 aliphatic heterocycles. The summed E-state index contributed by atoms with van der Waals surface area (Å²) in [7, 11) is 0. The molecule has 25 nitrogen and oxygen atoms in total. The van der Waals surface area contributed by atoms with E-state index in [1.54, 1.807) is 62.5 Å². The quantitative estimate of drug-likeness (QED) is 0.0106. The van der Waals surface area contributed by atoms with Gasteiger partial charge in [-0.05, 0) is 158 Å². The number of nitrogens with one attached hydrogen (secondary N) is 5. The number of carbonyl (C=O) groups excluding carboxylic acids is 8. The number of fused-ring (bicyclic) bond motifs is 2. The molecule has 0 saturated heterocycles. The Morgan fingerprint density at radius 1 is 0.765 bits per heavy atom. The zero-order valence-electron chi connectivity index (χ0n) is 57.9. The van der Waals surface area contributed by atoms with Gasteiger partial charge >= 0.3 is 23.9 Å². The largest absolute Gasteiger partial charge is 0.481 e. The summed E-state index contributed by atoms with van der Waals surface area (Å²) in [6.07, 6.45) is 10.9. The van der Waals surface area contributed by atoms with Crippen LogP contribution in [-0.2, 0) is 56.2 Å². The molecule has 536 valence electrons. The highest BCUT2D eigenvalue weighted by atomic mass is 32.1. The first kappa shape index (κ1) is 73.2. The van der Waals surface area contributed by atoms with E-state index < -0.39 is 59.9 Å². The van der Waals surface area contributed by atoms with Crippen molar-refractivity contribution in [2.75, 3.05) is 36.9 Å². The topological polar surface area (TPSA) is 363 Å². The van der Waals surface area contributed by atoms with E-state index >= 15 is 0 Å². The van der Waals surface area contributed by atoms with E-state index in [0.717, 1.165) is 64.7 Å². The molecule has 4 aromatic carbocycles. The highest BCUT2D eigenvalue weighted by Crippen LogP contribution is 2.72. The normalized spacial score (nSPS) is 20.5. The molecule has 4 bridgehead atoms. The number of aliphatic carboxylic acids is 1. The number of rotatable bonds is 34. The molecule has 3 unspecified atom stereocenters. The third-order valence-electron chi connectivity index (χ3n) is 20.1. The van der Waals surface area contributed by atoms with E-state index in [9.17, 15) is 58.2 Å². The van der Waals surface area contributed by atoms with Gasteiger partial charge in [0, 0.05) is 90.7 Å². The predicted molar refractivity (Wildman–Crippen MR) is 383 cm³/mol. The molecule has 5 aliphatic rings. The van der Waals surface area contributed by atoms with Crippen molar-refractivity contribution in [3.8, 4) is 22.4 Å². The fourth-order valence-electron chi connectivity index (χ4n) is 16.7. The number of carbonyl (C=O) groups is 10. The highest BCUT2D eigenvalue weighted by molar-refractivity contribution is 7.22. The molecular weight excluding hydrogens is 1320 g/mol. The molecule has 4 aliphatic carbocycles. The molecule has 102 heavy (non-hydrogen) atoms.